The molecule has 3 N–H and O–H groups in total. The number of hydrogen-bond donors (Lipinski definition) is 2. The highest BCUT2D eigenvalue weighted by molar-refractivity contribution is 7.99. The van der Waals surface area contributed by atoms with Gasteiger partial charge in [-0.05, 0) is 49.3 Å². The molecular weight excluding hydrogens is 284 g/mol. The number of benzene rings is 1. The molecule has 1 aromatic heterocycles. The molecule has 0 aliphatic rings. The fourth-order valence-corrected chi connectivity index (χ4v) is 2.99. The lowest BCUT2D eigenvalue weighted by Gasteiger charge is -2.06. The first kappa shape index (κ1) is 14.2. The Hall–Kier alpha value is -1.24. The van der Waals surface area contributed by atoms with Crippen LogP contribution < -0.4 is 11.4 Å². The molecule has 1 aromatic carbocycles. The summed E-state index contributed by atoms with van der Waals surface area (Å²) < 4.78 is 1.58. The molecule has 0 atom stereocenters. The molecule has 5 nitrogen and oxygen atoms in total. The lowest BCUT2D eigenvalue weighted by Crippen LogP contribution is -2.15. The minimum atomic E-state index is -0.198. The Labute approximate surface area is 120 Å². The van der Waals surface area contributed by atoms with Crippen molar-refractivity contribution in [1.82, 2.24) is 14.8 Å². The zero-order chi connectivity index (χ0) is 13.8. The average Bonchev–Trinajstić information content (AvgIpc) is 2.73. The van der Waals surface area contributed by atoms with Gasteiger partial charge in [-0.15, -0.1) is 5.10 Å². The van der Waals surface area contributed by atoms with E-state index in [4.69, 9.17) is 17.3 Å². The maximum Gasteiger partial charge on any atom is 0.343 e. The fourth-order valence-electron chi connectivity index (χ4n) is 1.72. The van der Waals surface area contributed by atoms with Crippen LogP contribution in [0.4, 0.5) is 0 Å². The monoisotopic (exact) mass is 298 g/mol. The van der Waals surface area contributed by atoms with Crippen LogP contribution in [0, 0.1) is 0 Å². The molecule has 0 bridgehead atoms. The van der Waals surface area contributed by atoms with Crippen LogP contribution in [0.2, 0.25) is 5.02 Å². The Morgan fingerprint density at radius 3 is 2.95 bits per heavy atom. The van der Waals surface area contributed by atoms with E-state index in [0.717, 1.165) is 16.9 Å². The second-order valence-electron chi connectivity index (χ2n) is 3.95. The van der Waals surface area contributed by atoms with Crippen LogP contribution in [0.3, 0.4) is 0 Å². The van der Waals surface area contributed by atoms with E-state index in [0.29, 0.717) is 23.3 Å². The van der Waals surface area contributed by atoms with Crippen molar-refractivity contribution in [2.24, 2.45) is 5.73 Å². The van der Waals surface area contributed by atoms with Gasteiger partial charge in [-0.25, -0.2) is 9.89 Å². The predicted molar refractivity (Wildman–Crippen MR) is 76.9 cm³/mol. The van der Waals surface area contributed by atoms with Gasteiger partial charge >= 0.3 is 5.69 Å². The highest BCUT2D eigenvalue weighted by atomic mass is 35.5. The van der Waals surface area contributed by atoms with Crippen LogP contribution in [0.25, 0.3) is 0 Å². The largest absolute Gasteiger partial charge is 0.343 e. The van der Waals surface area contributed by atoms with Gasteiger partial charge in [-0.3, -0.25) is 4.57 Å². The summed E-state index contributed by atoms with van der Waals surface area (Å²) in [5.41, 5.74) is 6.35. The smallest absolute Gasteiger partial charge is 0.330 e. The SMILES string of the molecule is CCn1c(Sc2ccc(CCN)c(Cl)c2)n[nH]c1=O. The molecule has 0 spiro atoms. The summed E-state index contributed by atoms with van der Waals surface area (Å²) in [5.74, 6) is 0. The Bertz CT molecular complexity index is 622. The number of nitrogens with zero attached hydrogens (tertiary/aromatic N) is 2. The Morgan fingerprint density at radius 1 is 1.53 bits per heavy atom. The summed E-state index contributed by atoms with van der Waals surface area (Å²) in [7, 11) is 0. The molecule has 0 radical (unpaired) electrons. The van der Waals surface area contributed by atoms with Gasteiger partial charge in [0.05, 0.1) is 0 Å². The van der Waals surface area contributed by atoms with Crippen molar-refractivity contribution in [2.75, 3.05) is 6.54 Å². The third-order valence-electron chi connectivity index (χ3n) is 2.69. The summed E-state index contributed by atoms with van der Waals surface area (Å²) in [6.07, 6.45) is 0.756. The van der Waals surface area contributed by atoms with Crippen molar-refractivity contribution in [1.29, 1.82) is 0 Å². The summed E-state index contributed by atoms with van der Waals surface area (Å²) in [6.45, 7) is 3.05. The van der Waals surface area contributed by atoms with Gasteiger partial charge in [0.15, 0.2) is 5.16 Å². The van der Waals surface area contributed by atoms with Crippen LogP contribution in [0.1, 0.15) is 12.5 Å². The van der Waals surface area contributed by atoms with E-state index in [-0.39, 0.29) is 5.69 Å². The minimum Gasteiger partial charge on any atom is -0.330 e. The highest BCUT2D eigenvalue weighted by Crippen LogP contribution is 2.29. The zero-order valence-electron chi connectivity index (χ0n) is 10.5. The first-order valence-corrected chi connectivity index (χ1v) is 7.16. The predicted octanol–water partition coefficient (Wildman–Crippen LogP) is 1.90. The van der Waals surface area contributed by atoms with Crippen LogP contribution in [-0.4, -0.2) is 21.3 Å². The van der Waals surface area contributed by atoms with Crippen molar-refractivity contribution >= 4 is 23.4 Å². The van der Waals surface area contributed by atoms with Crippen molar-refractivity contribution in [2.45, 2.75) is 29.9 Å². The second-order valence-corrected chi connectivity index (χ2v) is 5.40. The fraction of sp³-hybridized carbons (Fsp3) is 0.333. The van der Waals surface area contributed by atoms with Crippen LogP contribution >= 0.6 is 23.4 Å². The van der Waals surface area contributed by atoms with E-state index < -0.39 is 0 Å². The Morgan fingerprint density at radius 2 is 2.32 bits per heavy atom. The number of nitrogens with one attached hydrogen (secondary N) is 1. The van der Waals surface area contributed by atoms with E-state index >= 15 is 0 Å². The molecule has 0 aliphatic heterocycles. The number of halogens is 1. The van der Waals surface area contributed by atoms with E-state index in [9.17, 15) is 4.79 Å². The number of H-pyrrole nitrogens is 1. The standard InChI is InChI=1S/C12H15ClN4OS/c1-2-17-11(18)15-16-12(17)19-9-4-3-8(5-6-14)10(13)7-9/h3-4,7H,2,5-6,14H2,1H3,(H,15,18). The molecule has 0 saturated carbocycles. The van der Waals surface area contributed by atoms with Gasteiger partial charge in [0.1, 0.15) is 0 Å². The highest BCUT2D eigenvalue weighted by Gasteiger charge is 2.09. The molecule has 7 heteroatoms. The Kier molecular flexibility index (Phi) is 4.68. The lowest BCUT2D eigenvalue weighted by atomic mass is 10.1. The number of nitrogens with two attached hydrogens (primary N) is 1. The van der Waals surface area contributed by atoms with Crippen molar-refractivity contribution in [3.63, 3.8) is 0 Å². The van der Waals surface area contributed by atoms with E-state index in [1.165, 1.54) is 11.8 Å². The molecule has 0 amide bonds. The van der Waals surface area contributed by atoms with Crippen LogP contribution in [0.15, 0.2) is 33.0 Å². The minimum absolute atomic E-state index is 0.198. The van der Waals surface area contributed by atoms with Crippen molar-refractivity contribution < 1.29 is 0 Å². The summed E-state index contributed by atoms with van der Waals surface area (Å²) in [5, 5.41) is 7.76. The molecule has 0 aliphatic carbocycles. The molecule has 2 aromatic rings. The number of hydrogen-bond acceptors (Lipinski definition) is 4. The van der Waals surface area contributed by atoms with E-state index in [1.54, 1.807) is 4.57 Å². The molecule has 0 saturated heterocycles. The number of rotatable bonds is 5. The average molecular weight is 299 g/mol. The van der Waals surface area contributed by atoms with Gasteiger partial charge < -0.3 is 5.73 Å². The topological polar surface area (TPSA) is 76.7 Å². The zero-order valence-corrected chi connectivity index (χ0v) is 12.1. The van der Waals surface area contributed by atoms with Gasteiger partial charge in [-0.2, -0.15) is 0 Å². The molecule has 19 heavy (non-hydrogen) atoms. The maximum absolute atomic E-state index is 11.5. The van der Waals surface area contributed by atoms with Gasteiger partial charge in [-0.1, -0.05) is 17.7 Å². The number of aromatic amines is 1. The number of aromatic nitrogens is 3. The van der Waals surface area contributed by atoms with Gasteiger partial charge in [0, 0.05) is 16.5 Å². The third kappa shape index (κ3) is 3.20. The molecule has 2 rings (SSSR count). The summed E-state index contributed by atoms with van der Waals surface area (Å²) in [4.78, 5) is 12.4. The molecule has 1 heterocycles. The summed E-state index contributed by atoms with van der Waals surface area (Å²) in [6, 6.07) is 5.79. The summed E-state index contributed by atoms with van der Waals surface area (Å²) >= 11 is 7.59. The molecule has 102 valence electrons. The van der Waals surface area contributed by atoms with Crippen molar-refractivity contribution in [3.8, 4) is 0 Å². The van der Waals surface area contributed by atoms with E-state index in [2.05, 4.69) is 10.2 Å². The molecular formula is C12H15ClN4OS. The van der Waals surface area contributed by atoms with E-state index in [1.807, 2.05) is 25.1 Å². The quantitative estimate of drug-likeness (QED) is 0.884. The third-order valence-corrected chi connectivity index (χ3v) is 4.02. The maximum atomic E-state index is 11.5. The first-order valence-electron chi connectivity index (χ1n) is 5.97. The normalized spacial score (nSPS) is 10.9. The second kappa shape index (κ2) is 6.27. The van der Waals surface area contributed by atoms with Crippen LogP contribution in [-0.2, 0) is 13.0 Å². The molecule has 0 fully saturated rings. The van der Waals surface area contributed by atoms with Crippen molar-refractivity contribution in [3.05, 3.63) is 39.3 Å². The lowest BCUT2D eigenvalue weighted by molar-refractivity contribution is 0.660. The first-order chi connectivity index (χ1) is 9.15. The Balaban J connectivity index is 2.24. The molecule has 0 unspecified atom stereocenters. The van der Waals surface area contributed by atoms with Gasteiger partial charge in [0.25, 0.3) is 0 Å². The van der Waals surface area contributed by atoms with Gasteiger partial charge in [0.2, 0.25) is 0 Å². The van der Waals surface area contributed by atoms with Crippen LogP contribution in [0.5, 0.6) is 0 Å².